The van der Waals surface area contributed by atoms with Crippen molar-refractivity contribution in [3.05, 3.63) is 0 Å². The molecule has 1 saturated heterocycles. The van der Waals surface area contributed by atoms with Crippen LogP contribution in [0, 0.1) is 0 Å². The Balaban J connectivity index is 2.11. The molecule has 0 bridgehead atoms. The van der Waals surface area contributed by atoms with Crippen LogP contribution < -0.4 is 0 Å². The van der Waals surface area contributed by atoms with Gasteiger partial charge in [0.05, 0.1) is 0 Å². The first-order chi connectivity index (χ1) is 5.57. The van der Waals surface area contributed by atoms with E-state index in [-0.39, 0.29) is 5.60 Å². The maximum Gasteiger partial charge on any atom is 0.195 e. The summed E-state index contributed by atoms with van der Waals surface area (Å²) in [5.41, 5.74) is -0.834. The second-order valence-corrected chi connectivity index (χ2v) is 4.50. The van der Waals surface area contributed by atoms with Gasteiger partial charge in [-0.1, -0.05) is 19.3 Å². The molecule has 1 saturated carbocycles. The van der Waals surface area contributed by atoms with Gasteiger partial charge in [0.15, 0.2) is 5.78 Å². The van der Waals surface area contributed by atoms with Crippen molar-refractivity contribution in [1.82, 2.24) is 0 Å². The summed E-state index contributed by atoms with van der Waals surface area (Å²) >= 11 is 0. The van der Waals surface area contributed by atoms with E-state index in [0.717, 1.165) is 25.7 Å². The van der Waals surface area contributed by atoms with Crippen molar-refractivity contribution >= 4 is 5.78 Å². The summed E-state index contributed by atoms with van der Waals surface area (Å²) in [4.78, 5) is 11.7. The van der Waals surface area contributed by atoms with E-state index in [1.54, 1.807) is 0 Å². The monoisotopic (exact) mass is 168 g/mol. The van der Waals surface area contributed by atoms with Crippen LogP contribution in [-0.2, 0) is 9.53 Å². The summed E-state index contributed by atoms with van der Waals surface area (Å²) in [6.45, 7) is 3.74. The summed E-state index contributed by atoms with van der Waals surface area (Å²) in [6.07, 6.45) is 5.48. The lowest BCUT2D eigenvalue weighted by Gasteiger charge is -2.52. The normalized spacial score (nSPS) is 31.7. The van der Waals surface area contributed by atoms with Gasteiger partial charge in [-0.15, -0.1) is 0 Å². The van der Waals surface area contributed by atoms with Gasteiger partial charge in [-0.25, -0.2) is 0 Å². The molecule has 2 rings (SSSR count). The molecule has 0 atom stereocenters. The Morgan fingerprint density at radius 1 is 1.17 bits per heavy atom. The quantitative estimate of drug-likeness (QED) is 0.553. The minimum atomic E-state index is -0.489. The standard InChI is InChI=1S/C10H16O2/c1-9(2)8(11)10(12-9)6-4-3-5-7-10/h3-7H2,1-2H3. The van der Waals surface area contributed by atoms with E-state index in [1.807, 2.05) is 13.8 Å². The molecule has 68 valence electrons. The van der Waals surface area contributed by atoms with Crippen LogP contribution in [0.5, 0.6) is 0 Å². The summed E-state index contributed by atoms with van der Waals surface area (Å²) in [5, 5.41) is 0. The molecule has 1 aliphatic heterocycles. The topological polar surface area (TPSA) is 26.3 Å². The fourth-order valence-electron chi connectivity index (χ4n) is 2.54. The molecule has 1 aliphatic carbocycles. The van der Waals surface area contributed by atoms with Crippen LogP contribution in [0.25, 0.3) is 0 Å². The van der Waals surface area contributed by atoms with Gasteiger partial charge in [-0.2, -0.15) is 0 Å². The highest BCUT2D eigenvalue weighted by Gasteiger charge is 2.59. The van der Waals surface area contributed by atoms with Gasteiger partial charge in [0.25, 0.3) is 0 Å². The van der Waals surface area contributed by atoms with Gasteiger partial charge >= 0.3 is 0 Å². The van der Waals surface area contributed by atoms with Crippen molar-refractivity contribution < 1.29 is 9.53 Å². The SMILES string of the molecule is CC1(C)OC2(CCCCC2)C1=O. The Hall–Kier alpha value is -0.370. The first kappa shape index (κ1) is 8.24. The van der Waals surface area contributed by atoms with Crippen LogP contribution in [0.1, 0.15) is 46.0 Å². The van der Waals surface area contributed by atoms with Crippen molar-refractivity contribution in [2.24, 2.45) is 0 Å². The molecule has 0 amide bonds. The zero-order valence-corrected chi connectivity index (χ0v) is 7.85. The van der Waals surface area contributed by atoms with Crippen molar-refractivity contribution in [1.29, 1.82) is 0 Å². The Morgan fingerprint density at radius 3 is 2.17 bits per heavy atom. The predicted octanol–water partition coefficient (Wildman–Crippen LogP) is 2.07. The van der Waals surface area contributed by atoms with E-state index in [4.69, 9.17) is 4.74 Å². The average Bonchev–Trinajstić information content (AvgIpc) is 2.05. The highest BCUT2D eigenvalue weighted by molar-refractivity contribution is 5.99. The van der Waals surface area contributed by atoms with E-state index < -0.39 is 5.60 Å². The number of hydrogen-bond donors (Lipinski definition) is 0. The molecule has 2 fully saturated rings. The highest BCUT2D eigenvalue weighted by Crippen LogP contribution is 2.46. The molecule has 0 aromatic carbocycles. The summed E-state index contributed by atoms with van der Waals surface area (Å²) < 4.78 is 5.72. The molecule has 0 aromatic rings. The molecule has 0 unspecified atom stereocenters. The summed E-state index contributed by atoms with van der Waals surface area (Å²) in [5.74, 6) is 0.328. The van der Waals surface area contributed by atoms with Gasteiger partial charge in [0, 0.05) is 0 Å². The zero-order valence-electron chi connectivity index (χ0n) is 7.85. The van der Waals surface area contributed by atoms with Crippen LogP contribution in [0.3, 0.4) is 0 Å². The van der Waals surface area contributed by atoms with E-state index >= 15 is 0 Å². The van der Waals surface area contributed by atoms with E-state index in [0.29, 0.717) is 5.78 Å². The third-order valence-corrected chi connectivity index (χ3v) is 3.07. The van der Waals surface area contributed by atoms with Crippen LogP contribution >= 0.6 is 0 Å². The molecule has 0 N–H and O–H groups in total. The third-order valence-electron chi connectivity index (χ3n) is 3.07. The number of ketones is 1. The lowest BCUT2D eigenvalue weighted by Crippen LogP contribution is -2.67. The largest absolute Gasteiger partial charge is 0.353 e. The number of ether oxygens (including phenoxy) is 1. The molecule has 1 spiro atoms. The van der Waals surface area contributed by atoms with Crippen LogP contribution in [0.4, 0.5) is 0 Å². The van der Waals surface area contributed by atoms with Gasteiger partial charge in [0.2, 0.25) is 0 Å². The highest BCUT2D eigenvalue weighted by atomic mass is 16.6. The molecule has 2 nitrogen and oxygen atoms in total. The number of hydrogen-bond acceptors (Lipinski definition) is 2. The van der Waals surface area contributed by atoms with Crippen molar-refractivity contribution in [2.45, 2.75) is 57.2 Å². The number of carbonyl (C=O) groups is 1. The molecular weight excluding hydrogens is 152 g/mol. The average molecular weight is 168 g/mol. The minimum absolute atomic E-state index is 0.328. The molecular formula is C10H16O2. The molecule has 12 heavy (non-hydrogen) atoms. The van der Waals surface area contributed by atoms with E-state index in [9.17, 15) is 4.79 Å². The lowest BCUT2D eigenvalue weighted by atomic mass is 9.71. The summed E-state index contributed by atoms with van der Waals surface area (Å²) in [7, 11) is 0. The Morgan fingerprint density at radius 2 is 1.75 bits per heavy atom. The zero-order chi connectivity index (χ0) is 8.82. The number of carbonyl (C=O) groups excluding carboxylic acids is 1. The van der Waals surface area contributed by atoms with E-state index in [2.05, 4.69) is 0 Å². The summed E-state index contributed by atoms with van der Waals surface area (Å²) in [6, 6.07) is 0. The van der Waals surface area contributed by atoms with E-state index in [1.165, 1.54) is 6.42 Å². The first-order valence-electron chi connectivity index (χ1n) is 4.82. The van der Waals surface area contributed by atoms with Gasteiger partial charge in [0.1, 0.15) is 11.2 Å². The molecule has 2 aliphatic rings. The fourth-order valence-corrected chi connectivity index (χ4v) is 2.54. The van der Waals surface area contributed by atoms with Crippen molar-refractivity contribution in [2.75, 3.05) is 0 Å². The smallest absolute Gasteiger partial charge is 0.195 e. The van der Waals surface area contributed by atoms with Crippen molar-refractivity contribution in [3.63, 3.8) is 0 Å². The molecule has 1 heterocycles. The first-order valence-corrected chi connectivity index (χ1v) is 4.82. The predicted molar refractivity (Wildman–Crippen MR) is 46.0 cm³/mol. The maximum absolute atomic E-state index is 11.7. The van der Waals surface area contributed by atoms with Crippen LogP contribution in [0.2, 0.25) is 0 Å². The molecule has 0 aromatic heterocycles. The fraction of sp³-hybridized carbons (Fsp3) is 0.900. The third kappa shape index (κ3) is 0.939. The number of Topliss-reactive ketones (excluding diaryl/α,β-unsaturated/α-hetero) is 1. The Kier molecular flexibility index (Phi) is 1.59. The number of rotatable bonds is 0. The van der Waals surface area contributed by atoms with Gasteiger partial charge in [-0.05, 0) is 26.7 Å². The maximum atomic E-state index is 11.7. The second kappa shape index (κ2) is 2.32. The van der Waals surface area contributed by atoms with Gasteiger partial charge < -0.3 is 4.74 Å². The van der Waals surface area contributed by atoms with Crippen LogP contribution in [-0.4, -0.2) is 17.0 Å². The molecule has 0 radical (unpaired) electrons. The van der Waals surface area contributed by atoms with Crippen molar-refractivity contribution in [3.8, 4) is 0 Å². The second-order valence-electron chi connectivity index (χ2n) is 4.50. The van der Waals surface area contributed by atoms with Crippen LogP contribution in [0.15, 0.2) is 0 Å². The van der Waals surface area contributed by atoms with Gasteiger partial charge in [-0.3, -0.25) is 4.79 Å². The Bertz CT molecular complexity index is 212. The minimum Gasteiger partial charge on any atom is -0.353 e. The molecule has 2 heteroatoms. The lowest BCUT2D eigenvalue weighted by molar-refractivity contribution is -0.236. The Labute approximate surface area is 73.3 Å².